The summed E-state index contributed by atoms with van der Waals surface area (Å²) in [5.41, 5.74) is 3.16. The van der Waals surface area contributed by atoms with Gasteiger partial charge in [0.05, 0.1) is 0 Å². The van der Waals surface area contributed by atoms with E-state index in [0.29, 0.717) is 0 Å². The minimum atomic E-state index is -1.86. The monoisotopic (exact) mass is 552 g/mol. The Bertz CT molecular complexity index is 641. The second-order valence-electron chi connectivity index (χ2n) is 9.34. The average Bonchev–Trinajstić information content (AvgIpc) is 3.17. The Morgan fingerprint density at radius 2 is 1.17 bits per heavy atom. The molecule has 29 heavy (non-hydrogen) atoms. The van der Waals surface area contributed by atoms with Gasteiger partial charge in [-0.25, -0.2) is 0 Å². The van der Waals surface area contributed by atoms with Crippen LogP contribution >= 0.6 is 24.8 Å². The fourth-order valence-electron chi connectivity index (χ4n) is 3.60. The zero-order valence-corrected chi connectivity index (χ0v) is 25.4. The van der Waals surface area contributed by atoms with Gasteiger partial charge < -0.3 is 0 Å². The molecule has 0 spiro atoms. The number of hydrogen-bond donors (Lipinski definition) is 0. The van der Waals surface area contributed by atoms with Crippen LogP contribution in [0.5, 0.6) is 0 Å². The van der Waals surface area contributed by atoms with Crippen LogP contribution in [0, 0.1) is 0 Å². The van der Waals surface area contributed by atoms with Crippen molar-refractivity contribution in [3.05, 3.63) is 42.0 Å². The van der Waals surface area contributed by atoms with Crippen molar-refractivity contribution in [2.24, 2.45) is 0 Å². The van der Waals surface area contributed by atoms with Crippen molar-refractivity contribution in [2.75, 3.05) is 13.2 Å². The molecule has 0 amide bonds. The van der Waals surface area contributed by atoms with Crippen LogP contribution in [0.25, 0.3) is 0 Å². The SMILES string of the molecule is C[CH]=[Zr]([C]1=C(CCO[Si](C)(C)C)C=CC1)[C]1=C(CCO[Si](C)(C)C)C=CC1.Cl.Cl. The first kappa shape index (κ1) is 29.6. The van der Waals surface area contributed by atoms with E-state index in [1.807, 2.05) is 0 Å². The summed E-state index contributed by atoms with van der Waals surface area (Å²) in [6.07, 6.45) is 14.0. The Kier molecular flexibility index (Phi) is 13.5. The van der Waals surface area contributed by atoms with Crippen molar-refractivity contribution >= 4 is 45.2 Å². The molecule has 7 heteroatoms. The van der Waals surface area contributed by atoms with Gasteiger partial charge in [-0.3, -0.25) is 0 Å². The third kappa shape index (κ3) is 10.2. The first-order valence-electron chi connectivity index (χ1n) is 10.3. The van der Waals surface area contributed by atoms with Crippen LogP contribution in [-0.2, 0) is 30.1 Å². The van der Waals surface area contributed by atoms with Crippen LogP contribution in [0.15, 0.2) is 42.0 Å². The maximum atomic E-state index is 6.13. The zero-order valence-electron chi connectivity index (χ0n) is 19.3. The predicted octanol–water partition coefficient (Wildman–Crippen LogP) is 7.18. The summed E-state index contributed by atoms with van der Waals surface area (Å²) in [4.78, 5) is 0. The van der Waals surface area contributed by atoms with Crippen molar-refractivity contribution in [3.8, 4) is 0 Å². The normalized spacial score (nSPS) is 16.2. The maximum Gasteiger partial charge on any atom is -0.147 e. The predicted molar refractivity (Wildman–Crippen MR) is 136 cm³/mol. The molecule has 2 aliphatic rings. The first-order valence-corrected chi connectivity index (χ1v) is 21.0. The Hall–Kier alpha value is 0.647. The molecule has 0 fully saturated rings. The van der Waals surface area contributed by atoms with Crippen LogP contribution in [0.1, 0.15) is 32.6 Å². The summed E-state index contributed by atoms with van der Waals surface area (Å²) in [5, 5.41) is 0. The number of rotatable bonds is 10. The van der Waals surface area contributed by atoms with E-state index in [2.05, 4.69) is 74.2 Å². The summed E-state index contributed by atoms with van der Waals surface area (Å²) in [5.74, 6) is 0. The van der Waals surface area contributed by atoms with Crippen LogP contribution in [0.2, 0.25) is 39.3 Å². The third-order valence-corrected chi connectivity index (χ3v) is 14.1. The van der Waals surface area contributed by atoms with E-state index in [1.54, 1.807) is 17.7 Å². The first-order chi connectivity index (χ1) is 12.6. The Morgan fingerprint density at radius 3 is 1.48 bits per heavy atom. The molecule has 0 atom stereocenters. The molecule has 2 nitrogen and oxygen atoms in total. The van der Waals surface area contributed by atoms with Gasteiger partial charge in [0.25, 0.3) is 0 Å². The quantitative estimate of drug-likeness (QED) is 0.266. The largest absolute Gasteiger partial charge is 0.147 e. The molecule has 0 aromatic carbocycles. The average molecular weight is 555 g/mol. The van der Waals surface area contributed by atoms with E-state index in [1.165, 1.54) is 12.8 Å². The van der Waals surface area contributed by atoms with E-state index in [9.17, 15) is 0 Å². The van der Waals surface area contributed by atoms with Gasteiger partial charge in [0.15, 0.2) is 0 Å². The molecular formula is C22H40Cl2O2Si2Zr. The van der Waals surface area contributed by atoms with Crippen molar-refractivity contribution in [1.82, 2.24) is 0 Å². The van der Waals surface area contributed by atoms with Crippen molar-refractivity contribution in [3.63, 3.8) is 0 Å². The zero-order chi connectivity index (χ0) is 20.1. The second kappa shape index (κ2) is 13.3. The van der Waals surface area contributed by atoms with Crippen molar-refractivity contribution < 1.29 is 30.1 Å². The molecule has 0 unspecified atom stereocenters. The molecule has 0 heterocycles. The summed E-state index contributed by atoms with van der Waals surface area (Å²) in [6, 6.07) is 0. The van der Waals surface area contributed by atoms with Gasteiger partial charge in [0.1, 0.15) is 0 Å². The molecule has 2 rings (SSSR count). The van der Waals surface area contributed by atoms with Gasteiger partial charge in [-0.2, -0.15) is 0 Å². The van der Waals surface area contributed by atoms with Gasteiger partial charge in [-0.15, -0.1) is 24.8 Å². The summed E-state index contributed by atoms with van der Waals surface area (Å²) in [7, 11) is -2.84. The van der Waals surface area contributed by atoms with Gasteiger partial charge in [-0.05, 0) is 0 Å². The summed E-state index contributed by atoms with van der Waals surface area (Å²) >= 11 is -1.86. The molecule has 0 aliphatic heterocycles. The van der Waals surface area contributed by atoms with Crippen LogP contribution in [0.3, 0.4) is 0 Å². The summed E-state index contributed by atoms with van der Waals surface area (Å²) < 4.78 is 18.4. The fourth-order valence-corrected chi connectivity index (χ4v) is 12.0. The fraction of sp³-hybridized carbons (Fsp3) is 0.591. The number of hydrogen-bond acceptors (Lipinski definition) is 2. The van der Waals surface area contributed by atoms with E-state index >= 15 is 0 Å². The van der Waals surface area contributed by atoms with Crippen LogP contribution < -0.4 is 0 Å². The van der Waals surface area contributed by atoms with E-state index < -0.39 is 37.9 Å². The number of allylic oxidation sites excluding steroid dienone is 6. The van der Waals surface area contributed by atoms with Gasteiger partial charge in [-0.1, -0.05) is 0 Å². The van der Waals surface area contributed by atoms with E-state index in [-0.39, 0.29) is 24.8 Å². The maximum absolute atomic E-state index is 6.13. The number of halogens is 2. The molecule has 0 saturated carbocycles. The molecule has 166 valence electrons. The van der Waals surface area contributed by atoms with E-state index in [4.69, 9.17) is 8.85 Å². The van der Waals surface area contributed by atoms with Crippen LogP contribution in [-0.4, -0.2) is 33.6 Å². The smallest absolute Gasteiger partial charge is 0.147 e. The second-order valence-corrected chi connectivity index (χ2v) is 24.8. The van der Waals surface area contributed by atoms with Crippen molar-refractivity contribution in [1.29, 1.82) is 0 Å². The van der Waals surface area contributed by atoms with Gasteiger partial charge >= 0.3 is 178 Å². The molecule has 0 bridgehead atoms. The molecule has 0 aromatic rings. The molecule has 0 radical (unpaired) electrons. The Morgan fingerprint density at radius 1 is 0.793 bits per heavy atom. The molecule has 0 N–H and O–H groups in total. The molecular weight excluding hydrogens is 515 g/mol. The molecule has 2 aliphatic carbocycles. The van der Waals surface area contributed by atoms with Gasteiger partial charge in [0.2, 0.25) is 0 Å². The minimum absolute atomic E-state index is 0. The standard InChI is InChI=1S/2C10H17OSi.C2H4.2ClH.Zr/c2*1-12(2,3)11-9-8-10-6-4-5-7-10;1-2;;;/h2*4,6H,5,8-9H2,1-3H3;1H,2H3;2*1H;. The van der Waals surface area contributed by atoms with Crippen LogP contribution in [0.4, 0.5) is 0 Å². The third-order valence-electron chi connectivity index (χ3n) is 4.81. The molecule has 0 aromatic heterocycles. The Labute approximate surface area is 201 Å². The van der Waals surface area contributed by atoms with E-state index in [0.717, 1.165) is 26.1 Å². The molecule has 0 saturated heterocycles. The minimum Gasteiger partial charge on any atom is -0.147 e. The summed E-state index contributed by atoms with van der Waals surface area (Å²) in [6.45, 7) is 17.7. The topological polar surface area (TPSA) is 18.5 Å². The Balaban J connectivity index is 0.00000392. The van der Waals surface area contributed by atoms with Gasteiger partial charge in [0, 0.05) is 0 Å². The van der Waals surface area contributed by atoms with Crippen molar-refractivity contribution in [2.45, 2.75) is 71.9 Å².